The van der Waals surface area contributed by atoms with Gasteiger partial charge >= 0.3 is 11.9 Å². The molecular weight excluding hydrogens is 462 g/mol. The molecular formula is C22H33N5O8. The SMILES string of the molecule is NCCCCC(NC(=O)C(N)CC(=O)O)C(=O)NC(CO)C(=O)NC(Cc1ccccc1)C(=O)O. The van der Waals surface area contributed by atoms with Crippen molar-refractivity contribution in [3.8, 4) is 0 Å². The highest BCUT2D eigenvalue weighted by Gasteiger charge is 2.30. The zero-order valence-electron chi connectivity index (χ0n) is 19.2. The van der Waals surface area contributed by atoms with Gasteiger partial charge in [-0.2, -0.15) is 0 Å². The maximum atomic E-state index is 12.8. The first kappa shape index (κ1) is 29.5. The fourth-order valence-electron chi connectivity index (χ4n) is 3.11. The number of aliphatic hydroxyl groups excluding tert-OH is 1. The van der Waals surface area contributed by atoms with Crippen LogP contribution in [0.4, 0.5) is 0 Å². The second-order valence-corrected chi connectivity index (χ2v) is 7.88. The fourth-order valence-corrected chi connectivity index (χ4v) is 3.11. The van der Waals surface area contributed by atoms with Gasteiger partial charge in [0.25, 0.3) is 0 Å². The Balaban J connectivity index is 2.86. The Hall–Kier alpha value is -3.55. The molecule has 10 N–H and O–H groups in total. The molecule has 0 aromatic heterocycles. The first-order valence-corrected chi connectivity index (χ1v) is 11.0. The fraction of sp³-hybridized carbons (Fsp3) is 0.500. The molecule has 35 heavy (non-hydrogen) atoms. The number of rotatable bonds is 16. The van der Waals surface area contributed by atoms with Crippen molar-refractivity contribution >= 4 is 29.7 Å². The molecule has 0 aliphatic heterocycles. The van der Waals surface area contributed by atoms with Crippen LogP contribution in [0.5, 0.6) is 0 Å². The van der Waals surface area contributed by atoms with Gasteiger partial charge in [0.05, 0.1) is 19.1 Å². The van der Waals surface area contributed by atoms with E-state index in [1.807, 2.05) is 0 Å². The van der Waals surface area contributed by atoms with E-state index >= 15 is 0 Å². The minimum absolute atomic E-state index is 0.0206. The third-order valence-electron chi connectivity index (χ3n) is 5.02. The van der Waals surface area contributed by atoms with Crippen LogP contribution in [0, 0.1) is 0 Å². The zero-order valence-corrected chi connectivity index (χ0v) is 19.2. The molecule has 0 radical (unpaired) electrons. The number of benzene rings is 1. The summed E-state index contributed by atoms with van der Waals surface area (Å²) in [5.74, 6) is -5.23. The van der Waals surface area contributed by atoms with Gasteiger partial charge in [0.2, 0.25) is 17.7 Å². The molecule has 1 aromatic carbocycles. The number of aliphatic carboxylic acids is 2. The van der Waals surface area contributed by atoms with E-state index < -0.39 is 66.9 Å². The van der Waals surface area contributed by atoms with Gasteiger partial charge in [0, 0.05) is 6.42 Å². The van der Waals surface area contributed by atoms with Crippen molar-refractivity contribution in [2.24, 2.45) is 11.5 Å². The van der Waals surface area contributed by atoms with Crippen LogP contribution in [0.3, 0.4) is 0 Å². The van der Waals surface area contributed by atoms with Gasteiger partial charge in [-0.15, -0.1) is 0 Å². The van der Waals surface area contributed by atoms with Crippen molar-refractivity contribution in [3.05, 3.63) is 35.9 Å². The summed E-state index contributed by atoms with van der Waals surface area (Å²) in [6.07, 6.45) is 0.400. The van der Waals surface area contributed by atoms with E-state index in [4.69, 9.17) is 16.6 Å². The molecule has 0 aliphatic carbocycles. The van der Waals surface area contributed by atoms with Crippen molar-refractivity contribution in [2.75, 3.05) is 13.2 Å². The second-order valence-electron chi connectivity index (χ2n) is 7.88. The van der Waals surface area contributed by atoms with Gasteiger partial charge in [0.15, 0.2) is 0 Å². The number of carboxylic acid groups (broad SMARTS) is 2. The van der Waals surface area contributed by atoms with Gasteiger partial charge in [-0.05, 0) is 31.4 Å². The summed E-state index contributed by atoms with van der Waals surface area (Å²) >= 11 is 0. The molecule has 13 nitrogen and oxygen atoms in total. The molecule has 0 bridgehead atoms. The molecule has 1 rings (SSSR count). The number of nitrogens with two attached hydrogens (primary N) is 2. The van der Waals surface area contributed by atoms with Crippen molar-refractivity contribution in [1.29, 1.82) is 0 Å². The number of hydrogen-bond acceptors (Lipinski definition) is 8. The van der Waals surface area contributed by atoms with Crippen molar-refractivity contribution < 1.29 is 39.3 Å². The highest BCUT2D eigenvalue weighted by molar-refractivity contribution is 5.94. The van der Waals surface area contributed by atoms with E-state index in [9.17, 15) is 34.2 Å². The highest BCUT2D eigenvalue weighted by atomic mass is 16.4. The normalized spacial score (nSPS) is 14.1. The van der Waals surface area contributed by atoms with Gasteiger partial charge < -0.3 is 42.7 Å². The number of unbranched alkanes of at least 4 members (excludes halogenated alkanes) is 1. The van der Waals surface area contributed by atoms with E-state index in [-0.39, 0.29) is 12.8 Å². The van der Waals surface area contributed by atoms with E-state index in [2.05, 4.69) is 16.0 Å². The number of carbonyl (C=O) groups is 5. The van der Waals surface area contributed by atoms with Gasteiger partial charge in [-0.25, -0.2) is 4.79 Å². The van der Waals surface area contributed by atoms with Gasteiger partial charge in [0.1, 0.15) is 18.1 Å². The molecule has 1 aromatic rings. The average Bonchev–Trinajstić information content (AvgIpc) is 2.81. The van der Waals surface area contributed by atoms with Crippen molar-refractivity contribution in [1.82, 2.24) is 16.0 Å². The topological polar surface area (TPSA) is 234 Å². The number of nitrogens with one attached hydrogen (secondary N) is 3. The van der Waals surface area contributed by atoms with Crippen molar-refractivity contribution in [3.63, 3.8) is 0 Å². The lowest BCUT2D eigenvalue weighted by atomic mass is 10.1. The Bertz CT molecular complexity index is 867. The number of aliphatic hydroxyl groups is 1. The molecule has 0 saturated carbocycles. The summed E-state index contributed by atoms with van der Waals surface area (Å²) in [6, 6.07) is 3.17. The largest absolute Gasteiger partial charge is 0.481 e. The summed E-state index contributed by atoms with van der Waals surface area (Å²) in [4.78, 5) is 60.0. The average molecular weight is 496 g/mol. The molecule has 0 aliphatic rings. The van der Waals surface area contributed by atoms with Crippen LogP contribution in [0.15, 0.2) is 30.3 Å². The van der Waals surface area contributed by atoms with Crippen LogP contribution >= 0.6 is 0 Å². The van der Waals surface area contributed by atoms with Crippen LogP contribution in [-0.2, 0) is 30.4 Å². The maximum Gasteiger partial charge on any atom is 0.326 e. The second kappa shape index (κ2) is 15.4. The number of hydrogen-bond donors (Lipinski definition) is 8. The van der Waals surface area contributed by atoms with Gasteiger partial charge in [-0.1, -0.05) is 30.3 Å². The molecule has 0 saturated heterocycles. The van der Waals surface area contributed by atoms with E-state index in [1.54, 1.807) is 30.3 Å². The monoisotopic (exact) mass is 495 g/mol. The lowest BCUT2D eigenvalue weighted by Gasteiger charge is -2.24. The van der Waals surface area contributed by atoms with Crippen LogP contribution in [0.1, 0.15) is 31.2 Å². The smallest absolute Gasteiger partial charge is 0.326 e. The summed E-state index contributed by atoms with van der Waals surface area (Å²) in [5, 5.41) is 34.8. The molecule has 4 unspecified atom stereocenters. The summed E-state index contributed by atoms with van der Waals surface area (Å²) in [5.41, 5.74) is 11.7. The predicted molar refractivity (Wildman–Crippen MR) is 124 cm³/mol. The zero-order chi connectivity index (χ0) is 26.4. The lowest BCUT2D eigenvalue weighted by Crippen LogP contribution is -2.58. The molecule has 4 atom stereocenters. The molecule has 3 amide bonds. The number of carbonyl (C=O) groups excluding carboxylic acids is 3. The van der Waals surface area contributed by atoms with Crippen LogP contribution in [0.25, 0.3) is 0 Å². The van der Waals surface area contributed by atoms with Crippen LogP contribution in [0.2, 0.25) is 0 Å². The quantitative estimate of drug-likeness (QED) is 0.114. The molecule has 0 heterocycles. The molecule has 194 valence electrons. The van der Waals surface area contributed by atoms with Crippen molar-refractivity contribution in [2.45, 2.75) is 56.3 Å². The Morgan fingerprint density at radius 1 is 0.829 bits per heavy atom. The molecule has 0 spiro atoms. The number of carboxylic acids is 2. The Kier molecular flexibility index (Phi) is 12.9. The molecule has 0 fully saturated rings. The first-order valence-electron chi connectivity index (χ1n) is 11.0. The van der Waals surface area contributed by atoms with Crippen LogP contribution in [-0.4, -0.2) is 82.3 Å². The van der Waals surface area contributed by atoms with E-state index in [0.717, 1.165) is 0 Å². The predicted octanol–water partition coefficient (Wildman–Crippen LogP) is -2.31. The number of amides is 3. The summed E-state index contributed by atoms with van der Waals surface area (Å²) in [6.45, 7) is -0.502. The first-order chi connectivity index (χ1) is 16.6. The van der Waals surface area contributed by atoms with E-state index in [0.29, 0.717) is 24.9 Å². The Labute approximate surface area is 202 Å². The third-order valence-corrected chi connectivity index (χ3v) is 5.02. The minimum atomic E-state index is -1.50. The van der Waals surface area contributed by atoms with Gasteiger partial charge in [-0.3, -0.25) is 19.2 Å². The van der Waals surface area contributed by atoms with Crippen LogP contribution < -0.4 is 27.4 Å². The Morgan fingerprint density at radius 3 is 1.94 bits per heavy atom. The van der Waals surface area contributed by atoms with E-state index in [1.165, 1.54) is 0 Å². The standard InChI is InChI=1S/C22H33N5O8/c23-9-5-4-8-15(25-19(31)14(24)11-18(29)30)20(32)27-17(12-28)21(33)26-16(22(34)35)10-13-6-2-1-3-7-13/h1-3,6-7,14-17,28H,4-5,8-12,23-24H2,(H,25,31)(H,26,33)(H,27,32)(H,29,30)(H,34,35). The molecule has 13 heteroatoms. The maximum absolute atomic E-state index is 12.8. The lowest BCUT2D eigenvalue weighted by molar-refractivity contribution is -0.142. The Morgan fingerprint density at radius 2 is 1.40 bits per heavy atom. The highest BCUT2D eigenvalue weighted by Crippen LogP contribution is 2.05. The summed E-state index contributed by atoms with van der Waals surface area (Å²) in [7, 11) is 0. The summed E-state index contributed by atoms with van der Waals surface area (Å²) < 4.78 is 0. The third kappa shape index (κ3) is 10.9. The minimum Gasteiger partial charge on any atom is -0.481 e.